The highest BCUT2D eigenvalue weighted by Gasteiger charge is 2.21. The van der Waals surface area contributed by atoms with Crippen LogP contribution < -0.4 is 9.47 Å². The lowest BCUT2D eigenvalue weighted by molar-refractivity contribution is 0.121. The zero-order chi connectivity index (χ0) is 23.7. The van der Waals surface area contributed by atoms with Crippen LogP contribution in [0.1, 0.15) is 11.1 Å². The molecular formula is C28H30N2O4. The second kappa shape index (κ2) is 9.41. The van der Waals surface area contributed by atoms with Gasteiger partial charge >= 0.3 is 0 Å². The predicted molar refractivity (Wildman–Crippen MR) is 135 cm³/mol. The highest BCUT2D eigenvalue weighted by molar-refractivity contribution is 5.89. The predicted octanol–water partition coefficient (Wildman–Crippen LogP) is 4.74. The highest BCUT2D eigenvalue weighted by Crippen LogP contribution is 2.33. The zero-order valence-corrected chi connectivity index (χ0v) is 19.6. The monoisotopic (exact) mass is 458 g/mol. The molecule has 0 unspecified atom stereocenters. The minimum absolute atomic E-state index is 0.330. The first kappa shape index (κ1) is 22.3. The van der Waals surface area contributed by atoms with E-state index in [-0.39, 0.29) is 0 Å². The van der Waals surface area contributed by atoms with Crippen LogP contribution in [0.3, 0.4) is 0 Å². The summed E-state index contributed by atoms with van der Waals surface area (Å²) in [4.78, 5) is 4.76. The van der Waals surface area contributed by atoms with Gasteiger partial charge in [-0.15, -0.1) is 0 Å². The summed E-state index contributed by atoms with van der Waals surface area (Å²) in [7, 11) is 3.33. The molecule has 5 rings (SSSR count). The second-order valence-electron chi connectivity index (χ2n) is 8.85. The van der Waals surface area contributed by atoms with Gasteiger partial charge in [0.1, 0.15) is 23.0 Å². The number of ether oxygens (including phenoxy) is 2. The van der Waals surface area contributed by atoms with Gasteiger partial charge in [0.05, 0.1) is 14.2 Å². The molecule has 1 saturated heterocycles. The van der Waals surface area contributed by atoms with E-state index in [0.29, 0.717) is 24.6 Å². The van der Waals surface area contributed by atoms with E-state index in [0.717, 1.165) is 70.3 Å². The summed E-state index contributed by atoms with van der Waals surface area (Å²) in [6.45, 7) is 4.97. The molecule has 0 radical (unpaired) electrons. The summed E-state index contributed by atoms with van der Waals surface area (Å²) in [5.41, 5.74) is 1.91. The molecule has 0 amide bonds. The van der Waals surface area contributed by atoms with Crippen LogP contribution in [0.25, 0.3) is 21.5 Å². The van der Waals surface area contributed by atoms with Gasteiger partial charge in [-0.25, -0.2) is 0 Å². The van der Waals surface area contributed by atoms with Crippen LogP contribution in [0.2, 0.25) is 0 Å². The second-order valence-corrected chi connectivity index (χ2v) is 8.85. The van der Waals surface area contributed by atoms with E-state index in [1.807, 2.05) is 48.5 Å². The molecule has 0 saturated carbocycles. The van der Waals surface area contributed by atoms with Gasteiger partial charge in [-0.2, -0.15) is 0 Å². The maximum absolute atomic E-state index is 10.6. The van der Waals surface area contributed by atoms with Crippen LogP contribution >= 0.6 is 0 Å². The van der Waals surface area contributed by atoms with Crippen molar-refractivity contribution in [3.05, 3.63) is 71.8 Å². The third kappa shape index (κ3) is 4.34. The van der Waals surface area contributed by atoms with Gasteiger partial charge in [0.2, 0.25) is 0 Å². The quantitative estimate of drug-likeness (QED) is 0.435. The number of hydrogen-bond donors (Lipinski definition) is 2. The number of nitrogens with zero attached hydrogens (tertiary/aromatic N) is 2. The van der Waals surface area contributed by atoms with E-state index in [9.17, 15) is 10.2 Å². The number of methoxy groups -OCH3 is 2. The van der Waals surface area contributed by atoms with Crippen molar-refractivity contribution < 1.29 is 19.7 Å². The van der Waals surface area contributed by atoms with Gasteiger partial charge in [0.15, 0.2) is 0 Å². The van der Waals surface area contributed by atoms with Gasteiger partial charge in [0.25, 0.3) is 0 Å². The number of rotatable bonds is 6. The number of hydrogen-bond acceptors (Lipinski definition) is 6. The Labute approximate surface area is 199 Å². The van der Waals surface area contributed by atoms with Crippen molar-refractivity contribution in [3.8, 4) is 23.0 Å². The average Bonchev–Trinajstić information content (AvgIpc) is 2.87. The van der Waals surface area contributed by atoms with Crippen LogP contribution in [-0.2, 0) is 13.1 Å². The first-order valence-electron chi connectivity index (χ1n) is 11.6. The molecular weight excluding hydrogens is 428 g/mol. The Hall–Kier alpha value is -3.48. The maximum atomic E-state index is 10.6. The molecule has 0 spiro atoms. The van der Waals surface area contributed by atoms with Gasteiger partial charge in [-0.3, -0.25) is 9.80 Å². The van der Waals surface area contributed by atoms with Gasteiger partial charge in [-0.05, 0) is 57.9 Å². The van der Waals surface area contributed by atoms with Crippen molar-refractivity contribution in [1.29, 1.82) is 0 Å². The van der Waals surface area contributed by atoms with Crippen LogP contribution in [0, 0.1) is 0 Å². The van der Waals surface area contributed by atoms with E-state index >= 15 is 0 Å². The normalized spacial score (nSPS) is 15.1. The first-order chi connectivity index (χ1) is 16.6. The van der Waals surface area contributed by atoms with E-state index in [1.165, 1.54) is 0 Å². The molecule has 4 aromatic rings. The van der Waals surface area contributed by atoms with Crippen molar-refractivity contribution in [2.45, 2.75) is 13.1 Å². The molecule has 1 aliphatic rings. The van der Waals surface area contributed by atoms with E-state index in [4.69, 9.17) is 9.47 Å². The molecule has 0 atom stereocenters. The summed E-state index contributed by atoms with van der Waals surface area (Å²) in [5, 5.41) is 25.4. The Morgan fingerprint density at radius 3 is 1.41 bits per heavy atom. The third-order valence-corrected chi connectivity index (χ3v) is 6.86. The van der Waals surface area contributed by atoms with Crippen LogP contribution in [-0.4, -0.2) is 60.4 Å². The molecule has 0 bridgehead atoms. The minimum atomic E-state index is 0.330. The van der Waals surface area contributed by atoms with Crippen molar-refractivity contribution >= 4 is 21.5 Å². The maximum Gasteiger partial charge on any atom is 0.120 e. The SMILES string of the molecule is COc1ccc2c(CN3CCN(Cc4c(O)ccc5cc(OC)ccc45)CC3)c(O)ccc2c1. The smallest absolute Gasteiger partial charge is 0.120 e. The number of phenolic OH excluding ortho intramolecular Hbond substituents is 2. The standard InChI is InChI=1S/C28H30N2O4/c1-33-21-5-7-23-19(15-21)3-9-27(31)25(23)17-29-11-13-30(14-12-29)18-26-24-8-6-22(34-2)16-20(24)4-10-28(26)32/h3-10,15-16,31-32H,11-14,17-18H2,1-2H3. The first-order valence-corrected chi connectivity index (χ1v) is 11.6. The van der Waals surface area contributed by atoms with E-state index in [2.05, 4.69) is 9.80 Å². The van der Waals surface area contributed by atoms with Crippen molar-refractivity contribution in [2.75, 3.05) is 40.4 Å². The molecule has 4 aromatic carbocycles. The molecule has 1 aliphatic heterocycles. The van der Waals surface area contributed by atoms with Crippen LogP contribution in [0.5, 0.6) is 23.0 Å². The molecule has 0 aromatic heterocycles. The Kier molecular flexibility index (Phi) is 6.18. The molecule has 6 nitrogen and oxygen atoms in total. The molecule has 1 heterocycles. The van der Waals surface area contributed by atoms with Gasteiger partial charge in [0, 0.05) is 50.4 Å². The summed E-state index contributed by atoms with van der Waals surface area (Å²) < 4.78 is 10.7. The topological polar surface area (TPSA) is 65.4 Å². The number of benzene rings is 4. The number of piperazine rings is 1. The zero-order valence-electron chi connectivity index (χ0n) is 19.6. The fourth-order valence-corrected chi connectivity index (χ4v) is 4.86. The lowest BCUT2D eigenvalue weighted by Gasteiger charge is -2.35. The highest BCUT2D eigenvalue weighted by atomic mass is 16.5. The molecule has 176 valence electrons. The minimum Gasteiger partial charge on any atom is -0.508 e. The van der Waals surface area contributed by atoms with E-state index < -0.39 is 0 Å². The molecule has 0 aliphatic carbocycles. The lowest BCUT2D eigenvalue weighted by Crippen LogP contribution is -2.45. The van der Waals surface area contributed by atoms with Crippen molar-refractivity contribution in [2.24, 2.45) is 0 Å². The van der Waals surface area contributed by atoms with Crippen molar-refractivity contribution in [1.82, 2.24) is 9.80 Å². The lowest BCUT2D eigenvalue weighted by atomic mass is 10.0. The summed E-state index contributed by atoms with van der Waals surface area (Å²) >= 11 is 0. The van der Waals surface area contributed by atoms with E-state index in [1.54, 1.807) is 26.4 Å². The molecule has 34 heavy (non-hydrogen) atoms. The Morgan fingerprint density at radius 1 is 0.618 bits per heavy atom. The molecule has 1 fully saturated rings. The van der Waals surface area contributed by atoms with Gasteiger partial charge in [-0.1, -0.05) is 24.3 Å². The van der Waals surface area contributed by atoms with Crippen LogP contribution in [0.15, 0.2) is 60.7 Å². The number of phenols is 2. The fourth-order valence-electron chi connectivity index (χ4n) is 4.86. The molecule has 2 N–H and O–H groups in total. The van der Waals surface area contributed by atoms with Crippen LogP contribution in [0.4, 0.5) is 0 Å². The van der Waals surface area contributed by atoms with Crippen molar-refractivity contribution in [3.63, 3.8) is 0 Å². The molecule has 6 heteroatoms. The average molecular weight is 459 g/mol. The summed E-state index contributed by atoms with van der Waals surface area (Å²) in [6.07, 6.45) is 0. The number of aromatic hydroxyl groups is 2. The largest absolute Gasteiger partial charge is 0.508 e. The Bertz CT molecular complexity index is 1230. The fraction of sp³-hybridized carbons (Fsp3) is 0.286. The third-order valence-electron chi connectivity index (χ3n) is 6.86. The summed E-state index contributed by atoms with van der Waals surface area (Å²) in [5.74, 6) is 2.29. The Morgan fingerprint density at radius 2 is 1.03 bits per heavy atom. The summed E-state index contributed by atoms with van der Waals surface area (Å²) in [6, 6.07) is 19.3. The van der Waals surface area contributed by atoms with Gasteiger partial charge < -0.3 is 19.7 Å². The Balaban J connectivity index is 1.29. The number of fused-ring (bicyclic) bond motifs is 2.